The largest absolute Gasteiger partial charge is 0.381 e. The van der Waals surface area contributed by atoms with Gasteiger partial charge in [-0.1, -0.05) is 6.08 Å². The zero-order valence-corrected chi connectivity index (χ0v) is 15.1. The lowest BCUT2D eigenvalue weighted by atomic mass is 10.0. The molecule has 0 atom stereocenters. The summed E-state index contributed by atoms with van der Waals surface area (Å²) in [5.41, 5.74) is 0. The minimum atomic E-state index is 0.681. The molecule has 1 aliphatic rings. The Bertz CT molecular complexity index is 328. The van der Waals surface area contributed by atoms with Crippen LogP contribution >= 0.6 is 0 Å². The molecular formula is C18H35N3O2. The van der Waals surface area contributed by atoms with Gasteiger partial charge in [-0.25, -0.2) is 0 Å². The van der Waals surface area contributed by atoms with Crippen molar-refractivity contribution in [2.45, 2.75) is 39.0 Å². The average molecular weight is 325 g/mol. The van der Waals surface area contributed by atoms with Crippen molar-refractivity contribution >= 4 is 5.96 Å². The van der Waals surface area contributed by atoms with Crippen LogP contribution in [0.15, 0.2) is 17.6 Å². The standard InChI is InChI=1S/C18H35N3O2/c1-4-6-7-12-21(3)18(19-5-2)20-11-8-13-23-16-17-9-14-22-15-10-17/h4,17H,1,5-16H2,2-3H3,(H,19,20). The molecule has 0 aromatic rings. The zero-order valence-electron chi connectivity index (χ0n) is 15.1. The summed E-state index contributed by atoms with van der Waals surface area (Å²) in [6, 6.07) is 0. The van der Waals surface area contributed by atoms with E-state index in [2.05, 4.69) is 35.8 Å². The van der Waals surface area contributed by atoms with Gasteiger partial charge in [0.05, 0.1) is 0 Å². The van der Waals surface area contributed by atoms with E-state index in [1.807, 2.05) is 6.08 Å². The molecule has 0 aromatic heterocycles. The van der Waals surface area contributed by atoms with Crippen LogP contribution < -0.4 is 5.32 Å². The van der Waals surface area contributed by atoms with Gasteiger partial charge in [-0.15, -0.1) is 6.58 Å². The number of hydrogen-bond acceptors (Lipinski definition) is 3. The van der Waals surface area contributed by atoms with Crippen LogP contribution in [-0.4, -0.2) is 64.0 Å². The molecule has 5 nitrogen and oxygen atoms in total. The number of aliphatic imine (C=N–C) groups is 1. The molecule has 0 aliphatic carbocycles. The van der Waals surface area contributed by atoms with Gasteiger partial charge in [0.15, 0.2) is 5.96 Å². The van der Waals surface area contributed by atoms with E-state index in [-0.39, 0.29) is 0 Å². The van der Waals surface area contributed by atoms with Crippen molar-refractivity contribution in [3.8, 4) is 0 Å². The fourth-order valence-corrected chi connectivity index (χ4v) is 2.56. The van der Waals surface area contributed by atoms with Crippen molar-refractivity contribution in [1.82, 2.24) is 10.2 Å². The second kappa shape index (κ2) is 13.4. The Morgan fingerprint density at radius 2 is 2.17 bits per heavy atom. The fourth-order valence-electron chi connectivity index (χ4n) is 2.56. The summed E-state index contributed by atoms with van der Waals surface area (Å²) in [7, 11) is 2.09. The summed E-state index contributed by atoms with van der Waals surface area (Å²) in [4.78, 5) is 6.87. The van der Waals surface area contributed by atoms with Gasteiger partial charge in [0.2, 0.25) is 0 Å². The summed E-state index contributed by atoms with van der Waals surface area (Å²) in [6.45, 7) is 12.0. The lowest BCUT2D eigenvalue weighted by molar-refractivity contribution is 0.0205. The lowest BCUT2D eigenvalue weighted by Crippen LogP contribution is -2.39. The van der Waals surface area contributed by atoms with Gasteiger partial charge in [-0.3, -0.25) is 4.99 Å². The van der Waals surface area contributed by atoms with Crippen LogP contribution in [0, 0.1) is 5.92 Å². The Labute approximate surface area is 142 Å². The number of hydrogen-bond donors (Lipinski definition) is 1. The van der Waals surface area contributed by atoms with E-state index in [0.717, 1.165) is 84.1 Å². The normalized spacial score (nSPS) is 16.3. The number of ether oxygens (including phenoxy) is 2. The van der Waals surface area contributed by atoms with Gasteiger partial charge in [0.1, 0.15) is 0 Å². The third-order valence-corrected chi connectivity index (χ3v) is 4.00. The number of guanidine groups is 1. The molecular weight excluding hydrogens is 290 g/mol. The Hall–Kier alpha value is -1.07. The first-order valence-electron chi connectivity index (χ1n) is 9.03. The lowest BCUT2D eigenvalue weighted by Gasteiger charge is -2.22. The summed E-state index contributed by atoms with van der Waals surface area (Å²) in [5, 5.41) is 3.35. The van der Waals surface area contributed by atoms with Crippen LogP contribution in [0.4, 0.5) is 0 Å². The maximum absolute atomic E-state index is 5.78. The molecule has 1 saturated heterocycles. The first-order valence-corrected chi connectivity index (χ1v) is 9.03. The van der Waals surface area contributed by atoms with Gasteiger partial charge < -0.3 is 19.7 Å². The molecule has 1 fully saturated rings. The average Bonchev–Trinajstić information content (AvgIpc) is 2.58. The van der Waals surface area contributed by atoms with Crippen molar-refractivity contribution in [2.75, 3.05) is 53.1 Å². The van der Waals surface area contributed by atoms with E-state index in [0.29, 0.717) is 5.92 Å². The van der Waals surface area contributed by atoms with Crippen LogP contribution in [0.1, 0.15) is 39.0 Å². The highest BCUT2D eigenvalue weighted by Crippen LogP contribution is 2.14. The molecule has 0 unspecified atom stereocenters. The second-order valence-corrected chi connectivity index (χ2v) is 6.07. The highest BCUT2D eigenvalue weighted by atomic mass is 16.5. The van der Waals surface area contributed by atoms with Gasteiger partial charge in [-0.2, -0.15) is 0 Å². The van der Waals surface area contributed by atoms with Crippen molar-refractivity contribution in [2.24, 2.45) is 10.9 Å². The van der Waals surface area contributed by atoms with E-state index >= 15 is 0 Å². The summed E-state index contributed by atoms with van der Waals surface area (Å²) in [6.07, 6.45) is 7.37. The molecule has 0 spiro atoms. The van der Waals surface area contributed by atoms with Crippen molar-refractivity contribution in [3.63, 3.8) is 0 Å². The molecule has 5 heteroatoms. The molecule has 1 aliphatic heterocycles. The molecule has 1 N–H and O–H groups in total. The summed E-state index contributed by atoms with van der Waals surface area (Å²) in [5.74, 6) is 1.67. The molecule has 23 heavy (non-hydrogen) atoms. The maximum Gasteiger partial charge on any atom is 0.193 e. The predicted octanol–water partition coefficient (Wildman–Crippen LogP) is 2.68. The van der Waals surface area contributed by atoms with E-state index < -0.39 is 0 Å². The number of unbranched alkanes of at least 4 members (excludes halogenated alkanes) is 1. The van der Waals surface area contributed by atoms with Crippen LogP contribution in [0.25, 0.3) is 0 Å². The second-order valence-electron chi connectivity index (χ2n) is 6.07. The monoisotopic (exact) mass is 325 g/mol. The molecule has 134 valence electrons. The smallest absolute Gasteiger partial charge is 0.193 e. The number of rotatable bonds is 11. The number of nitrogens with zero attached hydrogens (tertiary/aromatic N) is 2. The first-order chi connectivity index (χ1) is 11.3. The van der Waals surface area contributed by atoms with Crippen molar-refractivity contribution < 1.29 is 9.47 Å². The molecule has 0 bridgehead atoms. The van der Waals surface area contributed by atoms with Crippen LogP contribution in [0.2, 0.25) is 0 Å². The Kier molecular flexibility index (Phi) is 11.6. The highest BCUT2D eigenvalue weighted by molar-refractivity contribution is 5.79. The van der Waals surface area contributed by atoms with Gasteiger partial charge >= 0.3 is 0 Å². The SMILES string of the molecule is C=CCCCN(C)C(=NCCCOCC1CCOCC1)NCC. The zero-order chi connectivity index (χ0) is 16.8. The van der Waals surface area contributed by atoms with Crippen molar-refractivity contribution in [1.29, 1.82) is 0 Å². The summed E-state index contributed by atoms with van der Waals surface area (Å²) < 4.78 is 11.1. The van der Waals surface area contributed by atoms with E-state index in [1.54, 1.807) is 0 Å². The topological polar surface area (TPSA) is 46.1 Å². The molecule has 1 heterocycles. The molecule has 0 saturated carbocycles. The minimum absolute atomic E-state index is 0.681. The van der Waals surface area contributed by atoms with Crippen molar-refractivity contribution in [3.05, 3.63) is 12.7 Å². The quantitative estimate of drug-likeness (QED) is 0.275. The molecule has 1 rings (SSSR count). The van der Waals surface area contributed by atoms with Crippen LogP contribution in [0.3, 0.4) is 0 Å². The van der Waals surface area contributed by atoms with Gasteiger partial charge in [-0.05, 0) is 44.9 Å². The summed E-state index contributed by atoms with van der Waals surface area (Å²) >= 11 is 0. The van der Waals surface area contributed by atoms with Gasteiger partial charge in [0, 0.05) is 53.1 Å². The molecule has 0 radical (unpaired) electrons. The van der Waals surface area contributed by atoms with E-state index in [9.17, 15) is 0 Å². The first kappa shape index (κ1) is 20.0. The van der Waals surface area contributed by atoms with Crippen LogP contribution in [0.5, 0.6) is 0 Å². The number of nitrogens with one attached hydrogen (secondary N) is 1. The van der Waals surface area contributed by atoms with E-state index in [4.69, 9.17) is 9.47 Å². The van der Waals surface area contributed by atoms with Gasteiger partial charge in [0.25, 0.3) is 0 Å². The minimum Gasteiger partial charge on any atom is -0.381 e. The van der Waals surface area contributed by atoms with E-state index in [1.165, 1.54) is 0 Å². The number of allylic oxidation sites excluding steroid dienone is 1. The highest BCUT2D eigenvalue weighted by Gasteiger charge is 2.13. The van der Waals surface area contributed by atoms with Crippen LogP contribution in [-0.2, 0) is 9.47 Å². The third-order valence-electron chi connectivity index (χ3n) is 4.00. The molecule has 0 aromatic carbocycles. The third kappa shape index (κ3) is 9.61. The Balaban J connectivity index is 2.15. The Morgan fingerprint density at radius 3 is 2.87 bits per heavy atom. The Morgan fingerprint density at radius 1 is 1.39 bits per heavy atom. The molecule has 0 amide bonds. The fraction of sp³-hybridized carbons (Fsp3) is 0.833. The predicted molar refractivity (Wildman–Crippen MR) is 97.0 cm³/mol. The maximum atomic E-state index is 5.78.